The lowest BCUT2D eigenvalue weighted by Gasteiger charge is -2.45. The smallest absolute Gasteiger partial charge is 0.410 e. The summed E-state index contributed by atoms with van der Waals surface area (Å²) in [5.41, 5.74) is 0.982. The summed E-state index contributed by atoms with van der Waals surface area (Å²) >= 11 is 0. The number of nitrogens with zero attached hydrogens (tertiary/aromatic N) is 2. The van der Waals surface area contributed by atoms with Gasteiger partial charge in [-0.25, -0.2) is 4.79 Å². The van der Waals surface area contributed by atoms with E-state index in [0.717, 1.165) is 12.1 Å². The van der Waals surface area contributed by atoms with Gasteiger partial charge < -0.3 is 15.0 Å². The maximum Gasteiger partial charge on any atom is 0.410 e. The van der Waals surface area contributed by atoms with E-state index in [9.17, 15) is 9.59 Å². The van der Waals surface area contributed by atoms with Crippen LogP contribution in [0.25, 0.3) is 0 Å². The van der Waals surface area contributed by atoms with Crippen LogP contribution < -0.4 is 5.32 Å². The Kier molecular flexibility index (Phi) is 4.06. The predicted octanol–water partition coefficient (Wildman–Crippen LogP) is 0.439. The van der Waals surface area contributed by atoms with Gasteiger partial charge in [-0.05, 0) is 5.56 Å². The Morgan fingerprint density at radius 1 is 1.29 bits per heavy atom. The second kappa shape index (κ2) is 6.13. The van der Waals surface area contributed by atoms with E-state index >= 15 is 0 Å². The van der Waals surface area contributed by atoms with E-state index < -0.39 is 0 Å². The third-order valence-electron chi connectivity index (χ3n) is 3.91. The molecule has 2 aliphatic rings. The van der Waals surface area contributed by atoms with E-state index in [1.54, 1.807) is 4.90 Å². The summed E-state index contributed by atoms with van der Waals surface area (Å²) in [7, 11) is 0. The average molecular weight is 289 g/mol. The molecular formula is C15H19N3O3. The highest BCUT2D eigenvalue weighted by Crippen LogP contribution is 2.17. The number of benzene rings is 1. The lowest BCUT2D eigenvalue weighted by atomic mass is 10.1. The number of nitrogens with one attached hydrogen (secondary N) is 1. The number of hydrogen-bond acceptors (Lipinski definition) is 4. The number of carbonyl (C=O) groups excluding carboxylic acids is 2. The lowest BCUT2D eigenvalue weighted by molar-refractivity contribution is -0.126. The quantitative estimate of drug-likeness (QED) is 0.877. The first kappa shape index (κ1) is 13.9. The predicted molar refractivity (Wildman–Crippen MR) is 76.6 cm³/mol. The number of rotatable bonds is 3. The molecule has 1 N–H and O–H groups in total. The van der Waals surface area contributed by atoms with Gasteiger partial charge in [-0.2, -0.15) is 0 Å². The highest BCUT2D eigenvalue weighted by atomic mass is 16.6. The monoisotopic (exact) mass is 289 g/mol. The van der Waals surface area contributed by atoms with Crippen LogP contribution in [0.1, 0.15) is 5.56 Å². The van der Waals surface area contributed by atoms with Gasteiger partial charge in [0.1, 0.15) is 6.61 Å². The molecule has 6 nitrogen and oxygen atoms in total. The van der Waals surface area contributed by atoms with Gasteiger partial charge in [-0.15, -0.1) is 0 Å². The maximum absolute atomic E-state index is 11.9. The van der Waals surface area contributed by atoms with Crippen LogP contribution in [0.15, 0.2) is 30.3 Å². The highest BCUT2D eigenvalue weighted by Gasteiger charge is 2.37. The second-order valence-electron chi connectivity index (χ2n) is 5.42. The normalized spacial score (nSPS) is 19.8. The molecule has 2 aliphatic heterocycles. The molecule has 0 radical (unpaired) electrons. The minimum atomic E-state index is -0.281. The van der Waals surface area contributed by atoms with Gasteiger partial charge in [0, 0.05) is 32.2 Å². The molecule has 0 saturated carbocycles. The molecule has 2 heterocycles. The largest absolute Gasteiger partial charge is 0.445 e. The Labute approximate surface area is 123 Å². The van der Waals surface area contributed by atoms with E-state index in [2.05, 4.69) is 10.2 Å². The first-order chi connectivity index (χ1) is 10.2. The number of likely N-dealkylation sites (tertiary alicyclic amines) is 1. The van der Waals surface area contributed by atoms with Crippen LogP contribution in [-0.2, 0) is 16.1 Å². The fraction of sp³-hybridized carbons (Fsp3) is 0.467. The number of piperazine rings is 1. The highest BCUT2D eigenvalue weighted by molar-refractivity contribution is 5.78. The van der Waals surface area contributed by atoms with E-state index in [-0.39, 0.29) is 18.0 Å². The zero-order chi connectivity index (χ0) is 14.7. The van der Waals surface area contributed by atoms with Crippen molar-refractivity contribution in [1.29, 1.82) is 0 Å². The number of amides is 2. The van der Waals surface area contributed by atoms with Gasteiger partial charge in [0.15, 0.2) is 0 Å². The number of carbonyl (C=O) groups is 2. The van der Waals surface area contributed by atoms with E-state index in [1.807, 2.05) is 30.3 Å². The first-order valence-electron chi connectivity index (χ1n) is 7.19. The van der Waals surface area contributed by atoms with Crippen molar-refractivity contribution >= 4 is 12.0 Å². The van der Waals surface area contributed by atoms with Crippen LogP contribution >= 0.6 is 0 Å². The fourth-order valence-electron chi connectivity index (χ4n) is 2.62. The Morgan fingerprint density at radius 3 is 2.76 bits per heavy atom. The molecule has 0 unspecified atom stereocenters. The Morgan fingerprint density at radius 2 is 2.05 bits per heavy atom. The van der Waals surface area contributed by atoms with Crippen molar-refractivity contribution in [3.8, 4) is 0 Å². The molecule has 0 aromatic heterocycles. The van der Waals surface area contributed by atoms with Crippen molar-refractivity contribution < 1.29 is 14.3 Å². The second-order valence-corrected chi connectivity index (χ2v) is 5.42. The van der Waals surface area contributed by atoms with Gasteiger partial charge in [0.2, 0.25) is 5.91 Å². The Hall–Kier alpha value is -2.08. The summed E-state index contributed by atoms with van der Waals surface area (Å²) in [6.45, 7) is 3.55. The molecule has 21 heavy (non-hydrogen) atoms. The summed E-state index contributed by atoms with van der Waals surface area (Å²) < 4.78 is 5.28. The minimum absolute atomic E-state index is 0.0614. The third kappa shape index (κ3) is 3.33. The van der Waals surface area contributed by atoms with Crippen LogP contribution in [0.5, 0.6) is 0 Å². The Balaban J connectivity index is 1.41. The molecule has 0 atom stereocenters. The van der Waals surface area contributed by atoms with Crippen molar-refractivity contribution in [1.82, 2.24) is 15.1 Å². The van der Waals surface area contributed by atoms with Crippen LogP contribution in [0.2, 0.25) is 0 Å². The van der Waals surface area contributed by atoms with E-state index in [0.29, 0.717) is 32.8 Å². The van der Waals surface area contributed by atoms with Gasteiger partial charge in [0.25, 0.3) is 0 Å². The molecule has 0 aliphatic carbocycles. The van der Waals surface area contributed by atoms with Crippen LogP contribution in [-0.4, -0.2) is 60.6 Å². The van der Waals surface area contributed by atoms with Gasteiger partial charge in [-0.1, -0.05) is 30.3 Å². The number of ether oxygens (including phenoxy) is 1. The van der Waals surface area contributed by atoms with Crippen LogP contribution in [0, 0.1) is 0 Å². The SMILES string of the molecule is O=C1CN(C2CN(C(=O)OCc3ccccc3)C2)CCN1. The first-order valence-corrected chi connectivity index (χ1v) is 7.19. The van der Waals surface area contributed by atoms with Gasteiger partial charge >= 0.3 is 6.09 Å². The molecule has 2 fully saturated rings. The van der Waals surface area contributed by atoms with Crippen molar-refractivity contribution in [3.63, 3.8) is 0 Å². The summed E-state index contributed by atoms with van der Waals surface area (Å²) in [5.74, 6) is 0.0614. The number of hydrogen-bond donors (Lipinski definition) is 1. The third-order valence-corrected chi connectivity index (χ3v) is 3.91. The zero-order valence-electron chi connectivity index (χ0n) is 11.8. The zero-order valence-corrected chi connectivity index (χ0v) is 11.8. The van der Waals surface area contributed by atoms with Gasteiger partial charge in [-0.3, -0.25) is 9.69 Å². The topological polar surface area (TPSA) is 61.9 Å². The van der Waals surface area contributed by atoms with Crippen LogP contribution in [0.4, 0.5) is 4.79 Å². The summed E-state index contributed by atoms with van der Waals surface area (Å²) in [4.78, 5) is 27.0. The molecule has 112 valence electrons. The summed E-state index contributed by atoms with van der Waals surface area (Å²) in [5, 5.41) is 2.80. The van der Waals surface area contributed by atoms with E-state index in [1.165, 1.54) is 0 Å². The Bertz CT molecular complexity index is 514. The van der Waals surface area contributed by atoms with Crippen molar-refractivity contribution in [2.75, 3.05) is 32.7 Å². The molecule has 1 aromatic rings. The molecule has 3 rings (SSSR count). The lowest BCUT2D eigenvalue weighted by Crippen LogP contribution is -2.64. The molecule has 2 amide bonds. The molecule has 1 aromatic carbocycles. The van der Waals surface area contributed by atoms with Gasteiger partial charge in [0.05, 0.1) is 6.54 Å². The molecule has 6 heteroatoms. The van der Waals surface area contributed by atoms with Crippen molar-refractivity contribution in [3.05, 3.63) is 35.9 Å². The average Bonchev–Trinajstić information content (AvgIpc) is 2.45. The minimum Gasteiger partial charge on any atom is -0.445 e. The maximum atomic E-state index is 11.9. The van der Waals surface area contributed by atoms with Crippen molar-refractivity contribution in [2.24, 2.45) is 0 Å². The molecular weight excluding hydrogens is 270 g/mol. The standard InChI is InChI=1S/C15H19N3O3/c19-14-10-17(7-6-16-14)13-8-18(9-13)15(20)21-11-12-4-2-1-3-5-12/h1-5,13H,6-11H2,(H,16,19). The summed E-state index contributed by atoms with van der Waals surface area (Å²) in [6, 6.07) is 9.91. The summed E-state index contributed by atoms with van der Waals surface area (Å²) in [6.07, 6.45) is -0.281. The molecule has 2 saturated heterocycles. The van der Waals surface area contributed by atoms with Crippen LogP contribution in [0.3, 0.4) is 0 Å². The molecule has 0 spiro atoms. The fourth-order valence-corrected chi connectivity index (χ4v) is 2.62. The van der Waals surface area contributed by atoms with Crippen molar-refractivity contribution in [2.45, 2.75) is 12.6 Å². The molecule has 0 bridgehead atoms. The van der Waals surface area contributed by atoms with E-state index in [4.69, 9.17) is 4.74 Å².